The van der Waals surface area contributed by atoms with E-state index in [0.29, 0.717) is 22.9 Å². The van der Waals surface area contributed by atoms with Gasteiger partial charge in [0.05, 0.1) is 19.8 Å². The Morgan fingerprint density at radius 2 is 2.08 bits per heavy atom. The molecule has 1 aliphatic heterocycles. The predicted octanol–water partition coefficient (Wildman–Crippen LogP) is 5.54. The molecule has 1 saturated carbocycles. The summed E-state index contributed by atoms with van der Waals surface area (Å²) in [7, 11) is 0. The molecule has 5 atom stereocenters. The van der Waals surface area contributed by atoms with Gasteiger partial charge in [-0.25, -0.2) is 0 Å². The van der Waals surface area contributed by atoms with Gasteiger partial charge < -0.3 is 9.47 Å². The van der Waals surface area contributed by atoms with Crippen molar-refractivity contribution in [2.75, 3.05) is 19.8 Å². The molecule has 4 aliphatic rings. The van der Waals surface area contributed by atoms with Crippen molar-refractivity contribution in [2.45, 2.75) is 72.3 Å². The van der Waals surface area contributed by atoms with Crippen molar-refractivity contribution in [3.8, 4) is 0 Å². The minimum Gasteiger partial charge on any atom is -0.378 e. The van der Waals surface area contributed by atoms with Crippen LogP contribution in [-0.2, 0) is 9.47 Å². The summed E-state index contributed by atoms with van der Waals surface area (Å²) in [6.07, 6.45) is 13.5. The summed E-state index contributed by atoms with van der Waals surface area (Å²) in [5.41, 5.74) is 4.10. The molecule has 25 heavy (non-hydrogen) atoms. The predicted molar refractivity (Wildman–Crippen MR) is 102 cm³/mol. The Morgan fingerprint density at radius 1 is 1.28 bits per heavy atom. The quantitative estimate of drug-likeness (QED) is 0.611. The molecule has 0 radical (unpaired) electrons. The zero-order valence-corrected chi connectivity index (χ0v) is 16.6. The third-order valence-electron chi connectivity index (χ3n) is 7.84. The molecule has 140 valence electrons. The molecule has 2 heteroatoms. The minimum atomic E-state index is 0.325. The second-order valence-electron chi connectivity index (χ2n) is 9.94. The molecule has 2 fully saturated rings. The van der Waals surface area contributed by atoms with Gasteiger partial charge in [-0.05, 0) is 66.3 Å². The highest BCUT2D eigenvalue weighted by Gasteiger charge is 2.54. The number of epoxide rings is 1. The molecule has 0 aromatic carbocycles. The van der Waals surface area contributed by atoms with Crippen molar-refractivity contribution in [3.63, 3.8) is 0 Å². The fourth-order valence-electron chi connectivity index (χ4n) is 6.23. The van der Waals surface area contributed by atoms with Crippen LogP contribution in [0.2, 0.25) is 0 Å². The molecule has 0 bridgehead atoms. The second-order valence-corrected chi connectivity index (χ2v) is 9.94. The fourth-order valence-corrected chi connectivity index (χ4v) is 6.23. The van der Waals surface area contributed by atoms with E-state index in [0.717, 1.165) is 31.7 Å². The van der Waals surface area contributed by atoms with Crippen molar-refractivity contribution in [3.05, 3.63) is 23.3 Å². The maximum Gasteiger partial charge on any atom is 0.104 e. The van der Waals surface area contributed by atoms with Crippen LogP contribution in [0.5, 0.6) is 0 Å². The summed E-state index contributed by atoms with van der Waals surface area (Å²) in [5, 5.41) is 0. The van der Waals surface area contributed by atoms with E-state index in [1.165, 1.54) is 38.5 Å². The SMILES string of the molecule is CC(C)C1=CC2=CC[C@H]3[C@](C)(COCC4CO4)CCC[C@]3(C)[C@H]2CC1. The Labute approximate surface area is 154 Å². The number of hydrogen-bond donors (Lipinski definition) is 0. The largest absolute Gasteiger partial charge is 0.378 e. The standard InChI is InChI=1S/C23H36O2/c1-16(2)17-6-8-20-18(12-17)7-9-21-22(3,10-5-11-23(20,21)4)15-24-13-19-14-25-19/h7,12,16,19-21H,5-6,8-11,13-15H2,1-4H3/t19?,20-,21-,22-,23+/m0/s1. The third-order valence-corrected chi connectivity index (χ3v) is 7.84. The molecule has 1 saturated heterocycles. The topological polar surface area (TPSA) is 21.8 Å². The van der Waals surface area contributed by atoms with Gasteiger partial charge in [-0.1, -0.05) is 51.8 Å². The van der Waals surface area contributed by atoms with Crippen molar-refractivity contribution in [2.24, 2.45) is 28.6 Å². The molecule has 3 aliphatic carbocycles. The molecule has 0 aromatic rings. The molecule has 0 amide bonds. The summed E-state index contributed by atoms with van der Waals surface area (Å²) in [6, 6.07) is 0. The van der Waals surface area contributed by atoms with Gasteiger partial charge in [0.15, 0.2) is 0 Å². The number of hydrogen-bond acceptors (Lipinski definition) is 2. The smallest absolute Gasteiger partial charge is 0.104 e. The molecule has 1 heterocycles. The van der Waals surface area contributed by atoms with Crippen molar-refractivity contribution < 1.29 is 9.47 Å². The van der Waals surface area contributed by atoms with E-state index >= 15 is 0 Å². The maximum atomic E-state index is 6.12. The van der Waals surface area contributed by atoms with Crippen LogP contribution in [0.15, 0.2) is 23.3 Å². The summed E-state index contributed by atoms with van der Waals surface area (Å²) in [5.74, 6) is 2.22. The van der Waals surface area contributed by atoms with E-state index in [9.17, 15) is 0 Å². The van der Waals surface area contributed by atoms with E-state index in [2.05, 4.69) is 39.8 Å². The molecule has 4 rings (SSSR count). The van der Waals surface area contributed by atoms with E-state index < -0.39 is 0 Å². The van der Waals surface area contributed by atoms with Crippen molar-refractivity contribution >= 4 is 0 Å². The van der Waals surface area contributed by atoms with Gasteiger partial charge in [-0.2, -0.15) is 0 Å². The lowest BCUT2D eigenvalue weighted by Crippen LogP contribution is -2.51. The molecule has 2 nitrogen and oxygen atoms in total. The lowest BCUT2D eigenvalue weighted by atomic mass is 9.47. The molecular formula is C23H36O2. The molecular weight excluding hydrogens is 308 g/mol. The molecule has 0 spiro atoms. The van der Waals surface area contributed by atoms with Gasteiger partial charge in [0, 0.05) is 0 Å². The Kier molecular flexibility index (Phi) is 4.65. The summed E-state index contributed by atoms with van der Waals surface area (Å²) >= 11 is 0. The van der Waals surface area contributed by atoms with Crippen LogP contribution in [0.3, 0.4) is 0 Å². The molecule has 0 aromatic heterocycles. The summed E-state index contributed by atoms with van der Waals surface area (Å²) < 4.78 is 11.4. The van der Waals surface area contributed by atoms with Crippen LogP contribution in [0.25, 0.3) is 0 Å². The van der Waals surface area contributed by atoms with E-state index in [-0.39, 0.29) is 0 Å². The third kappa shape index (κ3) is 3.25. The lowest BCUT2D eigenvalue weighted by Gasteiger charge is -2.58. The Balaban J connectivity index is 1.55. The van der Waals surface area contributed by atoms with Crippen LogP contribution < -0.4 is 0 Å². The second kappa shape index (κ2) is 6.53. The summed E-state index contributed by atoms with van der Waals surface area (Å²) in [4.78, 5) is 0. The number of fused-ring (bicyclic) bond motifs is 3. The molecule has 1 unspecified atom stereocenters. The van der Waals surface area contributed by atoms with Gasteiger partial charge in [0.1, 0.15) is 6.10 Å². The molecule has 0 N–H and O–H groups in total. The highest BCUT2D eigenvalue weighted by atomic mass is 16.6. The zero-order valence-electron chi connectivity index (χ0n) is 16.6. The number of ether oxygens (including phenoxy) is 2. The first kappa shape index (κ1) is 17.8. The minimum absolute atomic E-state index is 0.325. The average molecular weight is 345 g/mol. The Bertz CT molecular complexity index is 571. The van der Waals surface area contributed by atoms with Gasteiger partial charge in [0.2, 0.25) is 0 Å². The first-order chi connectivity index (χ1) is 11.9. The van der Waals surface area contributed by atoms with Crippen LogP contribution in [0.1, 0.15) is 66.2 Å². The summed E-state index contributed by atoms with van der Waals surface area (Å²) in [6.45, 7) is 12.4. The highest BCUT2D eigenvalue weighted by molar-refractivity contribution is 5.35. The number of allylic oxidation sites excluding steroid dienone is 4. The number of rotatable bonds is 5. The van der Waals surface area contributed by atoms with E-state index in [1.807, 2.05) is 0 Å². The van der Waals surface area contributed by atoms with Crippen molar-refractivity contribution in [1.82, 2.24) is 0 Å². The zero-order chi connectivity index (χ0) is 17.7. The Morgan fingerprint density at radius 3 is 2.80 bits per heavy atom. The first-order valence-corrected chi connectivity index (χ1v) is 10.5. The monoisotopic (exact) mass is 344 g/mol. The van der Waals surface area contributed by atoms with Gasteiger partial charge in [-0.3, -0.25) is 0 Å². The van der Waals surface area contributed by atoms with E-state index in [4.69, 9.17) is 9.47 Å². The van der Waals surface area contributed by atoms with Gasteiger partial charge in [-0.15, -0.1) is 0 Å². The van der Waals surface area contributed by atoms with Crippen LogP contribution >= 0.6 is 0 Å². The van der Waals surface area contributed by atoms with Crippen LogP contribution in [0, 0.1) is 28.6 Å². The lowest BCUT2D eigenvalue weighted by molar-refractivity contribution is -0.0908. The highest BCUT2D eigenvalue weighted by Crippen LogP contribution is 2.62. The van der Waals surface area contributed by atoms with Crippen LogP contribution in [-0.4, -0.2) is 25.9 Å². The van der Waals surface area contributed by atoms with Crippen molar-refractivity contribution in [1.29, 1.82) is 0 Å². The Hall–Kier alpha value is -0.600. The van der Waals surface area contributed by atoms with Gasteiger partial charge in [0.25, 0.3) is 0 Å². The normalized spacial score (nSPS) is 43.2. The van der Waals surface area contributed by atoms with E-state index in [1.54, 1.807) is 11.1 Å². The average Bonchev–Trinajstić information content (AvgIpc) is 3.38. The fraction of sp³-hybridized carbons (Fsp3) is 0.826. The first-order valence-electron chi connectivity index (χ1n) is 10.5. The van der Waals surface area contributed by atoms with Crippen LogP contribution in [0.4, 0.5) is 0 Å². The maximum absolute atomic E-state index is 6.12. The van der Waals surface area contributed by atoms with Gasteiger partial charge >= 0.3 is 0 Å².